The Morgan fingerprint density at radius 3 is 3.00 bits per heavy atom. The van der Waals surface area contributed by atoms with Crippen LogP contribution in [0.25, 0.3) is 0 Å². The van der Waals surface area contributed by atoms with Gasteiger partial charge in [-0.15, -0.1) is 0 Å². The van der Waals surface area contributed by atoms with E-state index in [1.807, 2.05) is 0 Å². The van der Waals surface area contributed by atoms with Gasteiger partial charge in [-0.3, -0.25) is 14.6 Å². The number of piperidine rings is 1. The summed E-state index contributed by atoms with van der Waals surface area (Å²) in [7, 11) is 0. The van der Waals surface area contributed by atoms with E-state index in [-0.39, 0.29) is 11.9 Å². The summed E-state index contributed by atoms with van der Waals surface area (Å²) in [5, 5.41) is 10.8. The molecule has 0 saturated carbocycles. The molecule has 2 aromatic rings. The van der Waals surface area contributed by atoms with Gasteiger partial charge >= 0.3 is 0 Å². The maximum Gasteiger partial charge on any atom is 0.257 e. The van der Waals surface area contributed by atoms with Crippen molar-refractivity contribution < 1.29 is 13.6 Å². The number of aromatic amines is 1. The van der Waals surface area contributed by atoms with Crippen LogP contribution in [0.1, 0.15) is 46.9 Å². The van der Waals surface area contributed by atoms with E-state index in [1.165, 1.54) is 6.20 Å². The minimum Gasteiger partial charge on any atom is -0.331 e. The van der Waals surface area contributed by atoms with Gasteiger partial charge < -0.3 is 4.90 Å². The van der Waals surface area contributed by atoms with E-state index in [2.05, 4.69) is 15.3 Å². The van der Waals surface area contributed by atoms with Gasteiger partial charge in [-0.25, -0.2) is 8.78 Å². The van der Waals surface area contributed by atoms with Gasteiger partial charge in [0.25, 0.3) is 12.3 Å². The molecule has 6 nitrogen and oxygen atoms in total. The van der Waals surface area contributed by atoms with Gasteiger partial charge in [0.2, 0.25) is 0 Å². The Balaban J connectivity index is 1.84. The van der Waals surface area contributed by atoms with E-state index in [1.54, 1.807) is 24.2 Å². The zero-order valence-corrected chi connectivity index (χ0v) is 12.9. The Morgan fingerprint density at radius 2 is 2.30 bits per heavy atom. The predicted octanol–water partition coefficient (Wildman–Crippen LogP) is 2.55. The van der Waals surface area contributed by atoms with Gasteiger partial charge in [0.05, 0.1) is 23.5 Å². The number of halogens is 2. The number of carbonyl (C=O) groups excluding carboxylic acids is 1. The van der Waals surface area contributed by atoms with E-state index >= 15 is 0 Å². The number of aryl methyl sites for hydroxylation is 1. The van der Waals surface area contributed by atoms with E-state index in [0.717, 1.165) is 29.5 Å². The molecule has 0 aromatic carbocycles. The summed E-state index contributed by atoms with van der Waals surface area (Å²) in [4.78, 5) is 14.7. The predicted molar refractivity (Wildman–Crippen MR) is 79.2 cm³/mol. The molecule has 1 saturated heterocycles. The van der Waals surface area contributed by atoms with Crippen LogP contribution >= 0.6 is 0 Å². The molecule has 0 bridgehead atoms. The van der Waals surface area contributed by atoms with Crippen LogP contribution in [0, 0.1) is 6.92 Å². The topological polar surface area (TPSA) is 66.8 Å². The highest BCUT2D eigenvalue weighted by Gasteiger charge is 2.31. The third kappa shape index (κ3) is 3.25. The van der Waals surface area contributed by atoms with Gasteiger partial charge in [0.15, 0.2) is 0 Å². The van der Waals surface area contributed by atoms with Crippen LogP contribution in [0.3, 0.4) is 0 Å². The average Bonchev–Trinajstić information content (AvgIpc) is 3.16. The minimum absolute atomic E-state index is 0.0344. The lowest BCUT2D eigenvalue weighted by Gasteiger charge is -2.35. The van der Waals surface area contributed by atoms with Crippen molar-refractivity contribution in [3.8, 4) is 0 Å². The summed E-state index contributed by atoms with van der Waals surface area (Å²) >= 11 is 0. The second kappa shape index (κ2) is 6.47. The summed E-state index contributed by atoms with van der Waals surface area (Å²) in [5.74, 6) is -0.158. The van der Waals surface area contributed by atoms with Crippen molar-refractivity contribution in [1.82, 2.24) is 24.9 Å². The van der Waals surface area contributed by atoms with Crippen LogP contribution < -0.4 is 0 Å². The van der Waals surface area contributed by atoms with Gasteiger partial charge in [0.1, 0.15) is 6.54 Å². The molecular formula is C15H19F2N5O. The number of nitrogens with one attached hydrogen (secondary N) is 1. The largest absolute Gasteiger partial charge is 0.331 e. The highest BCUT2D eigenvalue weighted by molar-refractivity contribution is 5.95. The first kappa shape index (κ1) is 15.6. The van der Waals surface area contributed by atoms with Crippen LogP contribution in [0.15, 0.2) is 18.6 Å². The van der Waals surface area contributed by atoms with Crippen molar-refractivity contribution >= 4 is 5.91 Å². The molecule has 8 heteroatoms. The number of hydrogen-bond donors (Lipinski definition) is 1. The van der Waals surface area contributed by atoms with Crippen molar-refractivity contribution in [2.75, 3.05) is 6.54 Å². The average molecular weight is 323 g/mol. The van der Waals surface area contributed by atoms with E-state index < -0.39 is 13.0 Å². The van der Waals surface area contributed by atoms with E-state index in [9.17, 15) is 13.6 Å². The third-order valence-electron chi connectivity index (χ3n) is 4.17. The summed E-state index contributed by atoms with van der Waals surface area (Å²) in [6.45, 7) is 1.82. The normalized spacial score (nSPS) is 18.6. The molecule has 1 amide bonds. The molecule has 1 unspecified atom stereocenters. The Bertz CT molecular complexity index is 667. The second-order valence-corrected chi connectivity index (χ2v) is 5.78. The van der Waals surface area contributed by atoms with Crippen LogP contribution in [0.5, 0.6) is 0 Å². The van der Waals surface area contributed by atoms with Crippen LogP contribution in [0.4, 0.5) is 8.78 Å². The zero-order valence-electron chi connectivity index (χ0n) is 12.9. The smallest absolute Gasteiger partial charge is 0.257 e. The second-order valence-electron chi connectivity index (χ2n) is 5.78. The van der Waals surface area contributed by atoms with Gasteiger partial charge in [-0.05, 0) is 26.2 Å². The van der Waals surface area contributed by atoms with Crippen LogP contribution in [0.2, 0.25) is 0 Å². The van der Waals surface area contributed by atoms with Gasteiger partial charge in [-0.2, -0.15) is 10.2 Å². The van der Waals surface area contributed by atoms with Crippen LogP contribution in [-0.4, -0.2) is 43.8 Å². The summed E-state index contributed by atoms with van der Waals surface area (Å²) in [6.07, 6.45) is 5.30. The molecule has 3 rings (SSSR count). The number of aromatic nitrogens is 4. The first-order valence-electron chi connectivity index (χ1n) is 7.68. The quantitative estimate of drug-likeness (QED) is 0.940. The Morgan fingerprint density at radius 1 is 1.48 bits per heavy atom. The maximum absolute atomic E-state index is 12.9. The lowest BCUT2D eigenvalue weighted by Crippen LogP contribution is -2.38. The molecule has 0 spiro atoms. The molecular weight excluding hydrogens is 304 g/mol. The van der Waals surface area contributed by atoms with E-state index in [4.69, 9.17) is 0 Å². The number of hydrogen-bond acceptors (Lipinski definition) is 3. The third-order valence-corrected chi connectivity index (χ3v) is 4.17. The fourth-order valence-electron chi connectivity index (χ4n) is 3.08. The lowest BCUT2D eigenvalue weighted by atomic mass is 9.96. The maximum atomic E-state index is 12.9. The molecule has 2 aromatic heterocycles. The molecule has 1 fully saturated rings. The number of likely N-dealkylation sites (tertiary alicyclic amines) is 1. The molecule has 1 aliphatic heterocycles. The van der Waals surface area contributed by atoms with E-state index in [0.29, 0.717) is 17.8 Å². The SMILES string of the molecule is Cc1nn(CC(F)F)cc1C(=O)N1CCCCC1c1cn[nH]c1. The number of amides is 1. The monoisotopic (exact) mass is 323 g/mol. The van der Waals surface area contributed by atoms with Crippen molar-refractivity contribution in [3.63, 3.8) is 0 Å². The standard InChI is InChI=1S/C15H19F2N5O/c1-10-12(8-21(20-10)9-14(16)17)15(23)22-5-3-2-4-13(22)11-6-18-19-7-11/h6-8,13-14H,2-5,9H2,1H3,(H,18,19). The number of nitrogens with zero attached hydrogens (tertiary/aromatic N) is 4. The number of rotatable bonds is 4. The number of H-pyrrole nitrogens is 1. The summed E-state index contributed by atoms with van der Waals surface area (Å²) < 4.78 is 26.1. The lowest BCUT2D eigenvalue weighted by molar-refractivity contribution is 0.0610. The Labute approximate surface area is 132 Å². The highest BCUT2D eigenvalue weighted by atomic mass is 19.3. The summed E-state index contributed by atoms with van der Waals surface area (Å²) in [5.41, 5.74) is 1.84. The molecule has 0 radical (unpaired) electrons. The molecule has 23 heavy (non-hydrogen) atoms. The molecule has 124 valence electrons. The van der Waals surface area contributed by atoms with Gasteiger partial charge in [-0.1, -0.05) is 0 Å². The first-order chi connectivity index (χ1) is 11.1. The fraction of sp³-hybridized carbons (Fsp3) is 0.533. The Kier molecular flexibility index (Phi) is 4.40. The molecule has 1 aliphatic rings. The molecule has 1 atom stereocenters. The van der Waals surface area contributed by atoms with Crippen molar-refractivity contribution in [2.24, 2.45) is 0 Å². The summed E-state index contributed by atoms with van der Waals surface area (Å²) in [6, 6.07) is -0.0344. The van der Waals surface area contributed by atoms with Crippen molar-refractivity contribution in [1.29, 1.82) is 0 Å². The number of carbonyl (C=O) groups is 1. The number of alkyl halides is 2. The fourth-order valence-corrected chi connectivity index (χ4v) is 3.08. The first-order valence-corrected chi connectivity index (χ1v) is 7.68. The zero-order chi connectivity index (χ0) is 16.4. The van der Waals surface area contributed by atoms with Crippen LogP contribution in [-0.2, 0) is 6.54 Å². The minimum atomic E-state index is -2.49. The molecule has 3 heterocycles. The van der Waals surface area contributed by atoms with Crippen molar-refractivity contribution in [2.45, 2.75) is 45.2 Å². The van der Waals surface area contributed by atoms with Gasteiger partial charge in [0, 0.05) is 24.5 Å². The Hall–Kier alpha value is -2.25. The van der Waals surface area contributed by atoms with Crippen molar-refractivity contribution in [3.05, 3.63) is 35.4 Å². The highest BCUT2D eigenvalue weighted by Crippen LogP contribution is 2.31. The molecule has 0 aliphatic carbocycles. The molecule has 1 N–H and O–H groups in total.